The molecule has 0 unspecified atom stereocenters. The Morgan fingerprint density at radius 2 is 1.92 bits per heavy atom. The fraction of sp³-hybridized carbons (Fsp3) is 0.500. The molecule has 190 valence electrons. The van der Waals surface area contributed by atoms with Crippen molar-refractivity contribution in [2.45, 2.75) is 50.2 Å². The van der Waals surface area contributed by atoms with Crippen LogP contribution >= 0.6 is 11.6 Å². The second-order valence-corrected chi connectivity index (χ2v) is 10.7. The van der Waals surface area contributed by atoms with Gasteiger partial charge in [0.25, 0.3) is 0 Å². The number of carbonyl (C=O) groups excluding carboxylic acids is 1. The number of nitrogens with zero attached hydrogens (tertiary/aromatic N) is 3. The predicted molar refractivity (Wildman–Crippen MR) is 140 cm³/mol. The average Bonchev–Trinajstić information content (AvgIpc) is 3.08. The van der Waals surface area contributed by atoms with Crippen molar-refractivity contribution in [1.29, 1.82) is 0 Å². The minimum absolute atomic E-state index is 0.0337. The minimum atomic E-state index is 0.0337. The van der Waals surface area contributed by atoms with E-state index in [4.69, 9.17) is 21.1 Å². The molecule has 4 aliphatic rings. The molecule has 5 heterocycles. The van der Waals surface area contributed by atoms with E-state index in [2.05, 4.69) is 40.0 Å². The van der Waals surface area contributed by atoms with Gasteiger partial charge in [-0.15, -0.1) is 0 Å². The van der Waals surface area contributed by atoms with Gasteiger partial charge in [-0.3, -0.25) is 9.69 Å². The van der Waals surface area contributed by atoms with E-state index < -0.39 is 0 Å². The van der Waals surface area contributed by atoms with Gasteiger partial charge < -0.3 is 19.7 Å². The molecule has 1 amide bonds. The molecule has 0 spiro atoms. The molecule has 3 fully saturated rings. The van der Waals surface area contributed by atoms with Crippen molar-refractivity contribution in [2.24, 2.45) is 0 Å². The van der Waals surface area contributed by atoms with E-state index in [1.807, 2.05) is 11.1 Å². The van der Waals surface area contributed by atoms with Gasteiger partial charge in [0.05, 0.1) is 10.7 Å². The first-order valence-corrected chi connectivity index (χ1v) is 13.4. The Morgan fingerprint density at radius 1 is 1.14 bits per heavy atom. The largest absolute Gasteiger partial charge is 0.485 e. The summed E-state index contributed by atoms with van der Waals surface area (Å²) >= 11 is 6.78. The molecule has 0 saturated carbocycles. The lowest BCUT2D eigenvalue weighted by Crippen LogP contribution is -2.61. The van der Waals surface area contributed by atoms with E-state index in [-0.39, 0.29) is 5.91 Å². The highest BCUT2D eigenvalue weighted by Gasteiger charge is 2.36. The first-order valence-electron chi connectivity index (χ1n) is 13.0. The summed E-state index contributed by atoms with van der Waals surface area (Å²) in [7, 11) is 0. The summed E-state index contributed by atoms with van der Waals surface area (Å²) in [5.41, 5.74) is 4.57. The molecule has 1 aromatic heterocycles. The molecule has 0 radical (unpaired) electrons. The summed E-state index contributed by atoms with van der Waals surface area (Å²) in [6, 6.07) is 6.88. The zero-order chi connectivity index (χ0) is 24.6. The average molecular weight is 509 g/mol. The van der Waals surface area contributed by atoms with Crippen LogP contribution in [0, 0.1) is 0 Å². The Balaban J connectivity index is 1.16. The number of hydrogen-bond acceptors (Lipinski definition) is 6. The lowest BCUT2D eigenvalue weighted by atomic mass is 9.87. The zero-order valence-electron chi connectivity index (χ0n) is 20.5. The maximum Gasteiger partial charge on any atom is 0.246 e. The molecule has 4 aliphatic heterocycles. The van der Waals surface area contributed by atoms with E-state index in [0.29, 0.717) is 35.3 Å². The minimum Gasteiger partial charge on any atom is -0.485 e. The fourth-order valence-electron chi connectivity index (χ4n) is 6.11. The quantitative estimate of drug-likeness (QED) is 0.596. The third-order valence-electron chi connectivity index (χ3n) is 8.30. The normalized spacial score (nSPS) is 21.4. The standard InChI is InChI=1S/C28H33ClN4O3/c1-2-26(34)33-15-21(16-33)32-9-4-18(5-10-32)20-13-24(29)27-25(14-20)31-28-23(17-36-27)22(3-8-30-28)19-6-11-35-12-7-19/h2-3,8,13-14,18-19,21H,1,4-7,9-12,15-17H2,(H,30,31). The number of fused-ring (bicyclic) bond motifs is 2. The SMILES string of the molecule is C=CC(=O)N1CC(N2CCC(c3cc(Cl)c4c(c3)Nc3nccc(C5CCOCC5)c3CO4)CC2)C1. The van der Waals surface area contributed by atoms with Crippen molar-refractivity contribution in [3.63, 3.8) is 0 Å². The molecule has 1 N–H and O–H groups in total. The molecule has 3 saturated heterocycles. The van der Waals surface area contributed by atoms with Crippen molar-refractivity contribution in [1.82, 2.24) is 14.8 Å². The number of pyridine rings is 1. The number of nitrogens with one attached hydrogen (secondary N) is 1. The van der Waals surface area contributed by atoms with Crippen molar-refractivity contribution in [2.75, 3.05) is 44.7 Å². The highest BCUT2D eigenvalue weighted by atomic mass is 35.5. The molecule has 0 aliphatic carbocycles. The van der Waals surface area contributed by atoms with Crippen LogP contribution in [0.1, 0.15) is 54.2 Å². The zero-order valence-corrected chi connectivity index (χ0v) is 21.3. The van der Waals surface area contributed by atoms with Gasteiger partial charge in [-0.2, -0.15) is 0 Å². The number of carbonyl (C=O) groups is 1. The highest BCUT2D eigenvalue weighted by Crippen LogP contribution is 2.44. The van der Waals surface area contributed by atoms with Crippen LogP contribution in [0.5, 0.6) is 5.75 Å². The molecule has 8 heteroatoms. The fourth-order valence-corrected chi connectivity index (χ4v) is 6.39. The summed E-state index contributed by atoms with van der Waals surface area (Å²) in [6.07, 6.45) is 7.50. The number of ether oxygens (including phenoxy) is 2. The number of benzene rings is 1. The van der Waals surface area contributed by atoms with Crippen molar-refractivity contribution < 1.29 is 14.3 Å². The summed E-state index contributed by atoms with van der Waals surface area (Å²) < 4.78 is 11.8. The monoisotopic (exact) mass is 508 g/mol. The number of anilines is 2. The number of amides is 1. The van der Waals surface area contributed by atoms with E-state index in [1.54, 1.807) is 0 Å². The molecule has 7 nitrogen and oxygen atoms in total. The van der Waals surface area contributed by atoms with Crippen LogP contribution in [-0.2, 0) is 16.1 Å². The van der Waals surface area contributed by atoms with Gasteiger partial charge in [0, 0.05) is 44.1 Å². The van der Waals surface area contributed by atoms with Gasteiger partial charge in [0.1, 0.15) is 12.4 Å². The van der Waals surface area contributed by atoms with Crippen molar-refractivity contribution >= 4 is 29.0 Å². The molecule has 0 atom stereocenters. The van der Waals surface area contributed by atoms with Crippen LogP contribution in [0.2, 0.25) is 5.02 Å². The number of likely N-dealkylation sites (tertiary alicyclic amines) is 2. The number of hydrogen-bond donors (Lipinski definition) is 1. The smallest absolute Gasteiger partial charge is 0.246 e. The van der Waals surface area contributed by atoms with Gasteiger partial charge in [-0.25, -0.2) is 4.98 Å². The maximum absolute atomic E-state index is 11.8. The summed E-state index contributed by atoms with van der Waals surface area (Å²) in [5.74, 6) is 2.52. The summed E-state index contributed by atoms with van der Waals surface area (Å²) in [5, 5.41) is 4.21. The van der Waals surface area contributed by atoms with Crippen LogP contribution in [0.4, 0.5) is 11.5 Å². The summed E-state index contributed by atoms with van der Waals surface area (Å²) in [4.78, 5) is 20.8. The molecule has 1 aromatic carbocycles. The van der Waals surface area contributed by atoms with E-state index >= 15 is 0 Å². The van der Waals surface area contributed by atoms with Crippen LogP contribution in [0.15, 0.2) is 37.1 Å². The molecule has 6 rings (SSSR count). The Hall–Kier alpha value is -2.61. The lowest BCUT2D eigenvalue weighted by Gasteiger charge is -2.47. The van der Waals surface area contributed by atoms with Gasteiger partial charge >= 0.3 is 0 Å². The van der Waals surface area contributed by atoms with Gasteiger partial charge in [0.15, 0.2) is 5.75 Å². The Bertz CT molecular complexity index is 1150. The van der Waals surface area contributed by atoms with Gasteiger partial charge in [0.2, 0.25) is 5.91 Å². The third-order valence-corrected chi connectivity index (χ3v) is 8.58. The molecular formula is C28H33ClN4O3. The van der Waals surface area contributed by atoms with Crippen LogP contribution < -0.4 is 10.1 Å². The maximum atomic E-state index is 11.8. The Kier molecular flexibility index (Phi) is 6.63. The third kappa shape index (κ3) is 4.49. The second-order valence-electron chi connectivity index (χ2n) is 10.3. The van der Waals surface area contributed by atoms with Crippen molar-refractivity contribution in [3.8, 4) is 5.75 Å². The highest BCUT2D eigenvalue weighted by molar-refractivity contribution is 6.32. The topological polar surface area (TPSA) is 66.9 Å². The summed E-state index contributed by atoms with van der Waals surface area (Å²) in [6.45, 7) is 9.33. The predicted octanol–water partition coefficient (Wildman–Crippen LogP) is 4.84. The Labute approximate surface area is 217 Å². The molecule has 0 bridgehead atoms. The number of halogens is 1. The lowest BCUT2D eigenvalue weighted by molar-refractivity contribution is -0.133. The first kappa shape index (κ1) is 23.8. The van der Waals surface area contributed by atoms with Crippen LogP contribution in [0.3, 0.4) is 0 Å². The van der Waals surface area contributed by atoms with Gasteiger partial charge in [-0.1, -0.05) is 18.2 Å². The van der Waals surface area contributed by atoms with E-state index in [1.165, 1.54) is 17.2 Å². The van der Waals surface area contributed by atoms with Gasteiger partial charge in [-0.05, 0) is 86.0 Å². The van der Waals surface area contributed by atoms with Crippen LogP contribution in [0.25, 0.3) is 0 Å². The molecular weight excluding hydrogens is 476 g/mol. The molecule has 36 heavy (non-hydrogen) atoms. The van der Waals surface area contributed by atoms with E-state index in [0.717, 1.165) is 82.1 Å². The number of aromatic nitrogens is 1. The van der Waals surface area contributed by atoms with E-state index in [9.17, 15) is 4.79 Å². The molecule has 2 aromatic rings. The second kappa shape index (κ2) is 10.0. The van der Waals surface area contributed by atoms with Crippen LogP contribution in [-0.4, -0.2) is 66.1 Å². The van der Waals surface area contributed by atoms with Crippen molar-refractivity contribution in [3.05, 3.63) is 58.8 Å². The number of piperidine rings is 1. The number of rotatable bonds is 4. The first-order chi connectivity index (χ1) is 17.6. The Morgan fingerprint density at radius 3 is 2.67 bits per heavy atom.